The van der Waals surface area contributed by atoms with Crippen molar-refractivity contribution in [3.8, 4) is 6.07 Å². The van der Waals surface area contributed by atoms with Gasteiger partial charge in [0.05, 0.1) is 26.4 Å². The summed E-state index contributed by atoms with van der Waals surface area (Å²) >= 11 is 0.353. The van der Waals surface area contributed by atoms with Crippen LogP contribution in [0.3, 0.4) is 0 Å². The number of carbonyl (C=O) groups excluding carboxylic acids is 2. The molecule has 0 aromatic rings. The van der Waals surface area contributed by atoms with Gasteiger partial charge in [0.2, 0.25) is 11.9 Å². The van der Waals surface area contributed by atoms with Crippen molar-refractivity contribution in [3.05, 3.63) is 0 Å². The Hall–Kier alpha value is -1.79. The maximum atomic E-state index is 11.2. The van der Waals surface area contributed by atoms with E-state index in [1.54, 1.807) is 6.07 Å². The molecule has 0 saturated carbocycles. The van der Waals surface area contributed by atoms with Crippen LogP contribution in [0.4, 0.5) is 9.59 Å². The monoisotopic (exact) mass is 275 g/mol. The molecule has 1 amide bonds. The summed E-state index contributed by atoms with van der Waals surface area (Å²) in [5.41, 5.74) is 0. The van der Waals surface area contributed by atoms with Crippen molar-refractivity contribution in [1.82, 2.24) is 0 Å². The fourth-order valence-corrected chi connectivity index (χ4v) is 1.88. The number of ether oxygens (including phenoxy) is 1. The molecule has 0 spiro atoms. The van der Waals surface area contributed by atoms with Crippen LogP contribution in [0, 0.1) is 17.2 Å². The fraction of sp³-hybridized carbons (Fsp3) is 0.556. The molecule has 100 valence electrons. The predicted molar refractivity (Wildman–Crippen MR) is 60.4 cm³/mol. The van der Waals surface area contributed by atoms with Gasteiger partial charge in [-0.2, -0.15) is 5.26 Å². The minimum Gasteiger partial charge on any atom is -0.497 e. The molecule has 0 heterocycles. The van der Waals surface area contributed by atoms with Gasteiger partial charge in [-0.15, -0.1) is 5.16 Å². The smallest absolute Gasteiger partial charge is 0.425 e. The number of amides is 1. The largest absolute Gasteiger partial charge is 0.497 e. The molecule has 0 saturated heterocycles. The van der Waals surface area contributed by atoms with Crippen LogP contribution in [0.5, 0.6) is 0 Å². The first-order valence-corrected chi connectivity index (χ1v) is 5.53. The van der Waals surface area contributed by atoms with Crippen LogP contribution in [-0.4, -0.2) is 46.9 Å². The number of methoxy groups -OCH3 is 1. The quantitative estimate of drug-likeness (QED) is 0.194. The number of nitrogens with zero attached hydrogens (tertiary/aromatic N) is 3. The van der Waals surface area contributed by atoms with Gasteiger partial charge in [-0.1, -0.05) is 0 Å². The minimum absolute atomic E-state index is 0.353. The summed E-state index contributed by atoms with van der Waals surface area (Å²) in [5.74, 6) is -1.00. The molecule has 1 N–H and O–H groups in total. The molecule has 9 heteroatoms. The number of nitriles is 1. The third-order valence-electron chi connectivity index (χ3n) is 2.47. The van der Waals surface area contributed by atoms with Crippen molar-refractivity contribution < 1.29 is 28.5 Å². The van der Waals surface area contributed by atoms with Crippen molar-refractivity contribution in [2.45, 2.75) is 13.0 Å². The van der Waals surface area contributed by atoms with Gasteiger partial charge in [-0.05, 0) is 6.92 Å². The van der Waals surface area contributed by atoms with Crippen molar-refractivity contribution in [1.29, 1.82) is 5.26 Å². The molecule has 0 rings (SSSR count). The molecule has 0 aliphatic rings. The summed E-state index contributed by atoms with van der Waals surface area (Å²) in [4.78, 5) is 22.3. The number of rotatable bonds is 3. The highest BCUT2D eigenvalue weighted by atomic mass is 32.2. The molecule has 3 atom stereocenters. The zero-order valence-corrected chi connectivity index (χ0v) is 10.9. The Balaban J connectivity index is 5.28. The summed E-state index contributed by atoms with van der Waals surface area (Å²) in [6, 6.07) is 0.884. The highest BCUT2D eigenvalue weighted by Crippen LogP contribution is 2.29. The topological polar surface area (TPSA) is 123 Å². The lowest BCUT2D eigenvalue weighted by molar-refractivity contribution is -0.752. The summed E-state index contributed by atoms with van der Waals surface area (Å²) in [6.07, 6.45) is -0.674. The second-order valence-corrected chi connectivity index (χ2v) is 4.74. The normalized spacial score (nSPS) is 17.4. The van der Waals surface area contributed by atoms with Gasteiger partial charge in [0.25, 0.3) is 6.09 Å². The Morgan fingerprint density at radius 2 is 2.22 bits per heavy atom. The van der Waals surface area contributed by atoms with Crippen LogP contribution in [-0.2, 0) is 4.74 Å². The van der Waals surface area contributed by atoms with Gasteiger partial charge >= 0.3 is 5.30 Å². The van der Waals surface area contributed by atoms with Crippen molar-refractivity contribution >= 4 is 29.6 Å². The van der Waals surface area contributed by atoms with E-state index in [2.05, 4.69) is 9.89 Å². The van der Waals surface area contributed by atoms with E-state index >= 15 is 0 Å². The second-order valence-electron chi connectivity index (χ2n) is 3.46. The lowest BCUT2D eigenvalue weighted by atomic mass is 10.0. The maximum Gasteiger partial charge on any atom is 0.425 e. The van der Waals surface area contributed by atoms with Gasteiger partial charge in [-0.25, -0.2) is 8.68 Å². The molecule has 0 aromatic carbocycles. The van der Waals surface area contributed by atoms with Gasteiger partial charge in [0.1, 0.15) is 12.0 Å². The van der Waals surface area contributed by atoms with Crippen LogP contribution < -0.4 is 5.11 Å². The van der Waals surface area contributed by atoms with E-state index in [0.29, 0.717) is 11.9 Å². The van der Waals surface area contributed by atoms with Crippen molar-refractivity contribution in [2.24, 2.45) is 11.1 Å². The zero-order chi connectivity index (χ0) is 14.3. The van der Waals surface area contributed by atoms with E-state index < -0.39 is 27.2 Å². The Labute approximate surface area is 108 Å². The van der Waals surface area contributed by atoms with Gasteiger partial charge in [0, 0.05) is 0 Å². The van der Waals surface area contributed by atoms with Crippen LogP contribution >= 0.6 is 11.9 Å². The average Bonchev–Trinajstić information content (AvgIpc) is 2.34. The van der Waals surface area contributed by atoms with Crippen molar-refractivity contribution in [3.63, 3.8) is 0 Å². The summed E-state index contributed by atoms with van der Waals surface area (Å²) in [7, 11) is 2.30. The summed E-state index contributed by atoms with van der Waals surface area (Å²) in [6.45, 7) is 1.42. The van der Waals surface area contributed by atoms with Gasteiger partial charge in [-0.3, -0.25) is 0 Å². The Morgan fingerprint density at radius 3 is 2.56 bits per heavy atom. The summed E-state index contributed by atoms with van der Waals surface area (Å²) in [5, 5.41) is 30.3. The highest BCUT2D eigenvalue weighted by molar-refractivity contribution is 8.08. The first-order chi connectivity index (χ1) is 8.33. The number of carboxylic acid groups (broad SMARTS) is 1. The maximum absolute atomic E-state index is 11.2. The molecule has 8 nitrogen and oxygen atoms in total. The standard InChI is InChI=1S/C9H13N3O5S/c1-6(7(4-10)5-11-16)12(2,8(13)14)18-9(15)17-3/h5-7H,1-3H3,(H-,13,14,16). The van der Waals surface area contributed by atoms with Crippen LogP contribution in [0.25, 0.3) is 0 Å². The fourth-order valence-electron chi connectivity index (χ4n) is 1.12. The molecule has 0 bridgehead atoms. The highest BCUT2D eigenvalue weighted by Gasteiger charge is 2.42. The molecule has 18 heavy (non-hydrogen) atoms. The molecular weight excluding hydrogens is 262 g/mol. The number of oxime groups is 1. The van der Waals surface area contributed by atoms with E-state index in [1.165, 1.54) is 14.0 Å². The number of carbonyl (C=O) groups is 2. The van der Waals surface area contributed by atoms with Gasteiger partial charge in [0.15, 0.2) is 0 Å². The second kappa shape index (κ2) is 6.83. The van der Waals surface area contributed by atoms with Crippen LogP contribution in [0.1, 0.15) is 6.92 Å². The van der Waals surface area contributed by atoms with E-state index in [1.807, 2.05) is 0 Å². The molecule has 0 radical (unpaired) electrons. The van der Waals surface area contributed by atoms with E-state index in [0.717, 1.165) is 13.3 Å². The Morgan fingerprint density at radius 1 is 1.67 bits per heavy atom. The molecule has 0 fully saturated rings. The Kier molecular flexibility index (Phi) is 6.15. The SMILES string of the molecule is COC(=O)S[N+](C)(C(=O)[O-])C(C)C(C#N)C=NO. The number of hydrogen-bond donors (Lipinski definition) is 1. The lowest BCUT2D eigenvalue weighted by Gasteiger charge is -2.36. The molecular formula is C9H13N3O5S. The Bertz CT molecular complexity index is 394. The van der Waals surface area contributed by atoms with E-state index in [9.17, 15) is 14.7 Å². The van der Waals surface area contributed by atoms with Crippen LogP contribution in [0.2, 0.25) is 0 Å². The number of quaternary nitrogens is 1. The lowest BCUT2D eigenvalue weighted by Crippen LogP contribution is -2.58. The third kappa shape index (κ3) is 3.61. The average molecular weight is 275 g/mol. The molecule has 0 aliphatic heterocycles. The third-order valence-corrected chi connectivity index (χ3v) is 3.64. The first kappa shape index (κ1) is 16.2. The van der Waals surface area contributed by atoms with Gasteiger partial charge < -0.3 is 19.8 Å². The predicted octanol–water partition coefficient (Wildman–Crippen LogP) is 0.179. The van der Waals surface area contributed by atoms with E-state index in [4.69, 9.17) is 10.5 Å². The number of hydrogen-bond acceptors (Lipinski definition) is 8. The van der Waals surface area contributed by atoms with Crippen LogP contribution in [0.15, 0.2) is 5.16 Å². The summed E-state index contributed by atoms with van der Waals surface area (Å²) < 4.78 is 3.44. The first-order valence-electron chi connectivity index (χ1n) is 4.75. The molecule has 3 unspecified atom stereocenters. The molecule has 0 aromatic heterocycles. The molecule has 0 aliphatic carbocycles. The zero-order valence-electron chi connectivity index (χ0n) is 10.1. The van der Waals surface area contributed by atoms with E-state index in [-0.39, 0.29) is 0 Å². The van der Waals surface area contributed by atoms with Crippen molar-refractivity contribution in [2.75, 3.05) is 14.2 Å². The minimum atomic E-state index is -1.57.